The van der Waals surface area contributed by atoms with Crippen LogP contribution in [0.2, 0.25) is 0 Å². The van der Waals surface area contributed by atoms with Gasteiger partial charge in [-0.2, -0.15) is 0 Å². The van der Waals surface area contributed by atoms with E-state index in [0.29, 0.717) is 23.9 Å². The van der Waals surface area contributed by atoms with Crippen LogP contribution in [0.25, 0.3) is 0 Å². The van der Waals surface area contributed by atoms with Gasteiger partial charge in [-0.1, -0.05) is 6.07 Å². The van der Waals surface area contributed by atoms with E-state index in [4.69, 9.17) is 10.5 Å². The van der Waals surface area contributed by atoms with Crippen molar-refractivity contribution in [2.75, 3.05) is 12.3 Å². The molecule has 5 heteroatoms. The van der Waals surface area contributed by atoms with Crippen molar-refractivity contribution in [1.29, 1.82) is 0 Å². The number of rotatable bonds is 4. The molecular formula is C11H11FN2OS. The minimum atomic E-state index is -0.296. The Morgan fingerprint density at radius 3 is 3.00 bits per heavy atom. The summed E-state index contributed by atoms with van der Waals surface area (Å²) in [5.41, 5.74) is 6.40. The molecule has 0 amide bonds. The Hall–Kier alpha value is -1.62. The summed E-state index contributed by atoms with van der Waals surface area (Å²) < 4.78 is 18.2. The standard InChI is InChI=1S/C11H11FN2OS/c12-8-2-1-3-10(6-8)15-5-4-9-7-16-11(13)14-9/h1-3,6-7H,4-5H2,(H2,13,14). The van der Waals surface area contributed by atoms with Gasteiger partial charge in [-0.3, -0.25) is 0 Å². The summed E-state index contributed by atoms with van der Waals surface area (Å²) in [7, 11) is 0. The number of aromatic nitrogens is 1. The fourth-order valence-electron chi connectivity index (χ4n) is 1.27. The van der Waals surface area contributed by atoms with Gasteiger partial charge in [0.1, 0.15) is 11.6 Å². The van der Waals surface area contributed by atoms with Gasteiger partial charge in [0.25, 0.3) is 0 Å². The Labute approximate surface area is 96.7 Å². The van der Waals surface area contributed by atoms with Crippen LogP contribution in [-0.4, -0.2) is 11.6 Å². The summed E-state index contributed by atoms with van der Waals surface area (Å²) in [5, 5.41) is 2.45. The second kappa shape index (κ2) is 4.94. The lowest BCUT2D eigenvalue weighted by atomic mass is 10.3. The van der Waals surface area contributed by atoms with E-state index in [1.807, 2.05) is 5.38 Å². The molecule has 84 valence electrons. The van der Waals surface area contributed by atoms with Crippen LogP contribution in [0.5, 0.6) is 5.75 Å². The van der Waals surface area contributed by atoms with Gasteiger partial charge in [-0.05, 0) is 12.1 Å². The van der Waals surface area contributed by atoms with Crippen LogP contribution in [0.15, 0.2) is 29.6 Å². The number of nitrogens with zero attached hydrogens (tertiary/aromatic N) is 1. The Morgan fingerprint density at radius 2 is 2.31 bits per heavy atom. The molecule has 2 aromatic rings. The molecule has 0 aliphatic carbocycles. The molecule has 3 nitrogen and oxygen atoms in total. The first kappa shape index (κ1) is 10.9. The Balaban J connectivity index is 1.84. The molecule has 16 heavy (non-hydrogen) atoms. The van der Waals surface area contributed by atoms with Crippen LogP contribution in [0.1, 0.15) is 5.69 Å². The average molecular weight is 238 g/mol. The third-order valence-corrected chi connectivity index (χ3v) is 2.72. The summed E-state index contributed by atoms with van der Waals surface area (Å²) in [5.74, 6) is 0.235. The fraction of sp³-hybridized carbons (Fsp3) is 0.182. The Morgan fingerprint density at radius 1 is 1.44 bits per heavy atom. The predicted octanol–water partition coefficient (Wildman–Crippen LogP) is 2.49. The number of hydrogen-bond donors (Lipinski definition) is 1. The number of nitrogen functional groups attached to an aromatic ring is 1. The SMILES string of the molecule is Nc1nc(CCOc2cccc(F)c2)cs1. The topological polar surface area (TPSA) is 48.1 Å². The summed E-state index contributed by atoms with van der Waals surface area (Å²) in [6.45, 7) is 0.465. The molecule has 0 fully saturated rings. The van der Waals surface area contributed by atoms with E-state index in [0.717, 1.165) is 5.69 Å². The molecule has 2 rings (SSSR count). The van der Waals surface area contributed by atoms with E-state index >= 15 is 0 Å². The monoisotopic (exact) mass is 238 g/mol. The smallest absolute Gasteiger partial charge is 0.180 e. The predicted molar refractivity (Wildman–Crippen MR) is 62.1 cm³/mol. The van der Waals surface area contributed by atoms with Crippen LogP contribution in [-0.2, 0) is 6.42 Å². The summed E-state index contributed by atoms with van der Waals surface area (Å²) in [6, 6.07) is 6.08. The van der Waals surface area contributed by atoms with Crippen molar-refractivity contribution in [1.82, 2.24) is 4.98 Å². The molecule has 0 saturated heterocycles. The normalized spacial score (nSPS) is 10.3. The van der Waals surface area contributed by atoms with Gasteiger partial charge in [0, 0.05) is 17.9 Å². The number of thiazole rings is 1. The molecule has 0 aliphatic heterocycles. The second-order valence-corrected chi connectivity index (χ2v) is 4.12. The molecule has 1 aromatic heterocycles. The largest absolute Gasteiger partial charge is 0.493 e. The quantitative estimate of drug-likeness (QED) is 0.890. The van der Waals surface area contributed by atoms with Gasteiger partial charge in [-0.15, -0.1) is 11.3 Å². The van der Waals surface area contributed by atoms with Crippen molar-refractivity contribution in [3.8, 4) is 5.75 Å². The van der Waals surface area contributed by atoms with Crippen molar-refractivity contribution >= 4 is 16.5 Å². The summed E-state index contributed by atoms with van der Waals surface area (Å²) in [4.78, 5) is 4.10. The Kier molecular flexibility index (Phi) is 3.36. The van der Waals surface area contributed by atoms with E-state index in [2.05, 4.69) is 4.98 Å². The molecule has 0 bridgehead atoms. The molecule has 0 spiro atoms. The zero-order chi connectivity index (χ0) is 11.4. The molecule has 1 aromatic carbocycles. The summed E-state index contributed by atoms with van der Waals surface area (Å²) >= 11 is 1.40. The van der Waals surface area contributed by atoms with Gasteiger partial charge < -0.3 is 10.5 Å². The van der Waals surface area contributed by atoms with Gasteiger partial charge in [-0.25, -0.2) is 9.37 Å². The van der Waals surface area contributed by atoms with Crippen LogP contribution in [0.4, 0.5) is 9.52 Å². The highest BCUT2D eigenvalue weighted by atomic mass is 32.1. The lowest BCUT2D eigenvalue weighted by Gasteiger charge is -2.04. The molecule has 1 heterocycles. The average Bonchev–Trinajstić information content (AvgIpc) is 2.64. The van der Waals surface area contributed by atoms with Crippen LogP contribution >= 0.6 is 11.3 Å². The zero-order valence-corrected chi connectivity index (χ0v) is 9.34. The highest BCUT2D eigenvalue weighted by molar-refractivity contribution is 7.13. The molecule has 0 saturated carbocycles. The van der Waals surface area contributed by atoms with Gasteiger partial charge in [0.2, 0.25) is 0 Å². The highest BCUT2D eigenvalue weighted by Crippen LogP contribution is 2.14. The third-order valence-electron chi connectivity index (χ3n) is 1.99. The maximum absolute atomic E-state index is 12.8. The second-order valence-electron chi connectivity index (χ2n) is 3.23. The lowest BCUT2D eigenvalue weighted by molar-refractivity contribution is 0.319. The van der Waals surface area contributed by atoms with Crippen molar-refractivity contribution in [2.24, 2.45) is 0 Å². The fourth-order valence-corrected chi connectivity index (χ4v) is 1.86. The van der Waals surface area contributed by atoms with E-state index in [1.54, 1.807) is 12.1 Å². The Bertz CT molecular complexity index is 473. The van der Waals surface area contributed by atoms with Crippen molar-refractivity contribution in [3.63, 3.8) is 0 Å². The molecular weight excluding hydrogens is 227 g/mol. The minimum absolute atomic E-state index is 0.296. The number of ether oxygens (including phenoxy) is 1. The van der Waals surface area contributed by atoms with Gasteiger partial charge >= 0.3 is 0 Å². The van der Waals surface area contributed by atoms with Crippen LogP contribution in [0.3, 0.4) is 0 Å². The first-order chi connectivity index (χ1) is 7.74. The summed E-state index contributed by atoms with van der Waals surface area (Å²) in [6.07, 6.45) is 0.671. The van der Waals surface area contributed by atoms with Gasteiger partial charge in [0.05, 0.1) is 12.3 Å². The van der Waals surface area contributed by atoms with E-state index < -0.39 is 0 Å². The van der Waals surface area contributed by atoms with E-state index in [9.17, 15) is 4.39 Å². The molecule has 0 atom stereocenters. The number of hydrogen-bond acceptors (Lipinski definition) is 4. The first-order valence-corrected chi connectivity index (χ1v) is 5.70. The maximum Gasteiger partial charge on any atom is 0.180 e. The molecule has 0 unspecified atom stereocenters. The van der Waals surface area contributed by atoms with Crippen LogP contribution in [0, 0.1) is 5.82 Å². The van der Waals surface area contributed by atoms with Crippen molar-refractivity contribution < 1.29 is 9.13 Å². The minimum Gasteiger partial charge on any atom is -0.493 e. The molecule has 0 aliphatic rings. The highest BCUT2D eigenvalue weighted by Gasteiger charge is 2.00. The maximum atomic E-state index is 12.8. The lowest BCUT2D eigenvalue weighted by Crippen LogP contribution is -2.01. The zero-order valence-electron chi connectivity index (χ0n) is 8.52. The van der Waals surface area contributed by atoms with E-state index in [-0.39, 0.29) is 5.82 Å². The number of nitrogens with two attached hydrogens (primary N) is 1. The van der Waals surface area contributed by atoms with Crippen LogP contribution < -0.4 is 10.5 Å². The third kappa shape index (κ3) is 2.93. The molecule has 2 N–H and O–H groups in total. The van der Waals surface area contributed by atoms with Gasteiger partial charge in [0.15, 0.2) is 5.13 Å². The number of halogens is 1. The molecule has 0 radical (unpaired) electrons. The van der Waals surface area contributed by atoms with E-state index in [1.165, 1.54) is 23.5 Å². The first-order valence-electron chi connectivity index (χ1n) is 4.82. The van der Waals surface area contributed by atoms with Crippen molar-refractivity contribution in [2.45, 2.75) is 6.42 Å². The van der Waals surface area contributed by atoms with Crippen molar-refractivity contribution in [3.05, 3.63) is 41.2 Å². The number of benzene rings is 1. The number of anilines is 1.